The molecule has 1 aliphatic rings. The average molecular weight is 277 g/mol. The number of aromatic nitrogens is 2. The van der Waals surface area contributed by atoms with E-state index in [0.717, 1.165) is 40.2 Å². The van der Waals surface area contributed by atoms with Crippen molar-refractivity contribution >= 4 is 11.3 Å². The second-order valence-electron chi connectivity index (χ2n) is 4.26. The molecule has 0 saturated heterocycles. The molecule has 6 heteroatoms. The van der Waals surface area contributed by atoms with E-state index in [4.69, 9.17) is 9.47 Å². The van der Waals surface area contributed by atoms with E-state index in [2.05, 4.69) is 15.5 Å². The minimum absolute atomic E-state index is 0.611. The first kappa shape index (κ1) is 12.4. The second kappa shape index (κ2) is 5.54. The van der Waals surface area contributed by atoms with Gasteiger partial charge in [0, 0.05) is 18.7 Å². The van der Waals surface area contributed by atoms with Crippen molar-refractivity contribution in [2.24, 2.45) is 0 Å². The van der Waals surface area contributed by atoms with E-state index in [1.807, 2.05) is 25.1 Å². The van der Waals surface area contributed by atoms with Gasteiger partial charge in [-0.1, -0.05) is 12.1 Å². The Kier molecular flexibility index (Phi) is 3.61. The molecule has 2 aromatic rings. The van der Waals surface area contributed by atoms with Gasteiger partial charge in [-0.25, -0.2) is 0 Å². The molecule has 0 unspecified atom stereocenters. The van der Waals surface area contributed by atoms with Gasteiger partial charge in [0.2, 0.25) is 0 Å². The number of fused-ring (bicyclic) bond motifs is 1. The Morgan fingerprint density at radius 3 is 2.95 bits per heavy atom. The number of benzene rings is 1. The Bertz CT molecular complexity index is 571. The molecule has 0 aliphatic carbocycles. The molecule has 0 amide bonds. The highest BCUT2D eigenvalue weighted by atomic mass is 32.1. The molecular formula is C13H15N3O2S. The minimum Gasteiger partial charge on any atom is -0.486 e. The molecule has 1 aromatic heterocycles. The monoisotopic (exact) mass is 277 g/mol. The summed E-state index contributed by atoms with van der Waals surface area (Å²) in [5.41, 5.74) is 1.11. The number of hydrogen-bond donors (Lipinski definition) is 1. The Morgan fingerprint density at radius 1 is 1.21 bits per heavy atom. The van der Waals surface area contributed by atoms with E-state index < -0.39 is 0 Å². The van der Waals surface area contributed by atoms with Crippen LogP contribution in [-0.4, -0.2) is 23.4 Å². The van der Waals surface area contributed by atoms with Crippen molar-refractivity contribution in [1.82, 2.24) is 15.5 Å². The van der Waals surface area contributed by atoms with E-state index in [1.165, 1.54) is 0 Å². The molecule has 0 fully saturated rings. The fraction of sp³-hybridized carbons (Fsp3) is 0.385. The van der Waals surface area contributed by atoms with Crippen molar-refractivity contribution in [2.75, 3.05) is 13.2 Å². The summed E-state index contributed by atoms with van der Waals surface area (Å²) in [4.78, 5) is 0. The fourth-order valence-electron chi connectivity index (χ4n) is 1.99. The van der Waals surface area contributed by atoms with Crippen LogP contribution in [-0.2, 0) is 13.1 Å². The number of rotatable bonds is 4. The normalized spacial score (nSPS) is 13.5. The first-order valence-electron chi connectivity index (χ1n) is 6.20. The van der Waals surface area contributed by atoms with Crippen molar-refractivity contribution in [3.63, 3.8) is 0 Å². The Labute approximate surface area is 115 Å². The maximum absolute atomic E-state index is 5.67. The van der Waals surface area contributed by atoms with Crippen molar-refractivity contribution in [3.8, 4) is 11.5 Å². The third kappa shape index (κ3) is 2.85. The highest BCUT2D eigenvalue weighted by molar-refractivity contribution is 7.11. The van der Waals surface area contributed by atoms with Crippen LogP contribution in [0.2, 0.25) is 0 Å². The molecule has 3 rings (SSSR count). The standard InChI is InChI=1S/C13H15N3O2S/c1-9-15-16-12(19-9)8-14-7-10-3-2-4-11-13(10)18-6-5-17-11/h2-4,14H,5-8H2,1H3. The summed E-state index contributed by atoms with van der Waals surface area (Å²) in [5, 5.41) is 13.4. The highest BCUT2D eigenvalue weighted by Crippen LogP contribution is 2.33. The van der Waals surface area contributed by atoms with Crippen LogP contribution in [0, 0.1) is 6.92 Å². The lowest BCUT2D eigenvalue weighted by molar-refractivity contribution is 0.169. The topological polar surface area (TPSA) is 56.3 Å². The van der Waals surface area contributed by atoms with Gasteiger partial charge in [0.05, 0.1) is 0 Å². The minimum atomic E-state index is 0.611. The zero-order chi connectivity index (χ0) is 13.1. The summed E-state index contributed by atoms with van der Waals surface area (Å²) in [6.07, 6.45) is 0. The Balaban J connectivity index is 1.64. The lowest BCUT2D eigenvalue weighted by Gasteiger charge is -2.21. The number of hydrogen-bond acceptors (Lipinski definition) is 6. The third-order valence-corrected chi connectivity index (χ3v) is 3.65. The smallest absolute Gasteiger partial charge is 0.165 e. The molecular weight excluding hydrogens is 262 g/mol. The van der Waals surface area contributed by atoms with E-state index in [1.54, 1.807) is 11.3 Å². The predicted molar refractivity (Wildman–Crippen MR) is 72.6 cm³/mol. The lowest BCUT2D eigenvalue weighted by Crippen LogP contribution is -2.19. The molecule has 1 aromatic carbocycles. The molecule has 0 saturated carbocycles. The number of aryl methyl sites for hydroxylation is 1. The molecule has 0 spiro atoms. The average Bonchev–Trinajstić information content (AvgIpc) is 2.85. The second-order valence-corrected chi connectivity index (χ2v) is 5.53. The summed E-state index contributed by atoms with van der Waals surface area (Å²) in [6.45, 7) is 4.63. The SMILES string of the molecule is Cc1nnc(CNCc2cccc3c2OCCO3)s1. The first-order chi connectivity index (χ1) is 9.33. The van der Waals surface area contributed by atoms with Gasteiger partial charge in [0.15, 0.2) is 11.5 Å². The van der Waals surface area contributed by atoms with E-state index in [-0.39, 0.29) is 0 Å². The van der Waals surface area contributed by atoms with Crippen molar-refractivity contribution in [2.45, 2.75) is 20.0 Å². The van der Waals surface area contributed by atoms with Gasteiger partial charge in [-0.3, -0.25) is 0 Å². The van der Waals surface area contributed by atoms with Crippen LogP contribution in [0.15, 0.2) is 18.2 Å². The molecule has 2 heterocycles. The number of nitrogens with zero attached hydrogens (tertiary/aromatic N) is 2. The van der Waals surface area contributed by atoms with Crippen LogP contribution in [0.1, 0.15) is 15.6 Å². The van der Waals surface area contributed by atoms with Gasteiger partial charge in [-0.15, -0.1) is 21.5 Å². The van der Waals surface area contributed by atoms with Crippen LogP contribution in [0.4, 0.5) is 0 Å². The maximum atomic E-state index is 5.67. The number of para-hydroxylation sites is 1. The molecule has 1 aliphatic heterocycles. The van der Waals surface area contributed by atoms with Gasteiger partial charge < -0.3 is 14.8 Å². The number of nitrogens with one attached hydrogen (secondary N) is 1. The van der Waals surface area contributed by atoms with Gasteiger partial charge in [-0.2, -0.15) is 0 Å². The first-order valence-corrected chi connectivity index (χ1v) is 7.02. The molecule has 1 N–H and O–H groups in total. The molecule has 0 atom stereocenters. The summed E-state index contributed by atoms with van der Waals surface area (Å²) < 4.78 is 11.2. The molecule has 100 valence electrons. The predicted octanol–water partition coefficient (Wildman–Crippen LogP) is 1.91. The van der Waals surface area contributed by atoms with Gasteiger partial charge >= 0.3 is 0 Å². The molecule has 0 radical (unpaired) electrons. The maximum Gasteiger partial charge on any atom is 0.165 e. The van der Waals surface area contributed by atoms with Gasteiger partial charge in [-0.05, 0) is 13.0 Å². The fourth-order valence-corrected chi connectivity index (χ4v) is 2.66. The van der Waals surface area contributed by atoms with Gasteiger partial charge in [0.1, 0.15) is 23.2 Å². The van der Waals surface area contributed by atoms with Crippen LogP contribution in [0.3, 0.4) is 0 Å². The summed E-state index contributed by atoms with van der Waals surface area (Å²) in [7, 11) is 0. The zero-order valence-electron chi connectivity index (χ0n) is 10.7. The number of ether oxygens (including phenoxy) is 2. The van der Waals surface area contributed by atoms with Crippen molar-refractivity contribution < 1.29 is 9.47 Å². The zero-order valence-corrected chi connectivity index (χ0v) is 11.5. The molecule has 19 heavy (non-hydrogen) atoms. The van der Waals surface area contributed by atoms with E-state index >= 15 is 0 Å². The van der Waals surface area contributed by atoms with Crippen LogP contribution in [0.25, 0.3) is 0 Å². The third-order valence-electron chi connectivity index (χ3n) is 2.81. The van der Waals surface area contributed by atoms with Crippen LogP contribution >= 0.6 is 11.3 Å². The largest absolute Gasteiger partial charge is 0.486 e. The highest BCUT2D eigenvalue weighted by Gasteiger charge is 2.15. The van der Waals surface area contributed by atoms with Crippen molar-refractivity contribution in [1.29, 1.82) is 0 Å². The molecule has 5 nitrogen and oxygen atoms in total. The van der Waals surface area contributed by atoms with E-state index in [9.17, 15) is 0 Å². The quantitative estimate of drug-likeness (QED) is 0.925. The Hall–Kier alpha value is -1.66. The lowest BCUT2D eigenvalue weighted by atomic mass is 10.1. The Morgan fingerprint density at radius 2 is 2.11 bits per heavy atom. The van der Waals surface area contributed by atoms with Crippen molar-refractivity contribution in [3.05, 3.63) is 33.8 Å². The molecule has 0 bridgehead atoms. The van der Waals surface area contributed by atoms with Gasteiger partial charge in [0.25, 0.3) is 0 Å². The van der Waals surface area contributed by atoms with Crippen LogP contribution < -0.4 is 14.8 Å². The van der Waals surface area contributed by atoms with Crippen LogP contribution in [0.5, 0.6) is 11.5 Å². The summed E-state index contributed by atoms with van der Waals surface area (Å²) in [5.74, 6) is 1.69. The summed E-state index contributed by atoms with van der Waals surface area (Å²) >= 11 is 1.61. The summed E-state index contributed by atoms with van der Waals surface area (Å²) in [6, 6.07) is 5.97. The van der Waals surface area contributed by atoms with E-state index in [0.29, 0.717) is 13.2 Å².